The van der Waals surface area contributed by atoms with Gasteiger partial charge in [-0.1, -0.05) is 5.16 Å². The Bertz CT molecular complexity index is 737. The lowest BCUT2D eigenvalue weighted by Gasteiger charge is -2.34. The van der Waals surface area contributed by atoms with Crippen molar-refractivity contribution in [1.82, 2.24) is 19.7 Å². The molecule has 2 aromatic rings. The van der Waals surface area contributed by atoms with Crippen LogP contribution in [0.4, 0.5) is 0 Å². The molecule has 1 aliphatic carbocycles. The highest BCUT2D eigenvalue weighted by atomic mass is 16.5. The zero-order valence-electron chi connectivity index (χ0n) is 10.3. The Morgan fingerprint density at radius 3 is 2.84 bits per heavy atom. The van der Waals surface area contributed by atoms with Crippen LogP contribution in [0.2, 0.25) is 0 Å². The molecule has 0 atom stereocenters. The molecule has 0 saturated heterocycles. The Hall–Kier alpha value is -2.22. The quantitative estimate of drug-likeness (QED) is 0.751. The second-order valence-corrected chi connectivity index (χ2v) is 4.80. The minimum Gasteiger partial charge on any atom is -0.334 e. The Balaban J connectivity index is 2.07. The van der Waals surface area contributed by atoms with E-state index >= 15 is 0 Å². The predicted molar refractivity (Wildman–Crippen MR) is 65.3 cm³/mol. The van der Waals surface area contributed by atoms with E-state index in [1.54, 1.807) is 0 Å². The van der Waals surface area contributed by atoms with Crippen LogP contribution < -0.4 is 17.0 Å². The van der Waals surface area contributed by atoms with Gasteiger partial charge in [0.15, 0.2) is 5.82 Å². The molecule has 1 saturated carbocycles. The predicted octanol–water partition coefficient (Wildman–Crippen LogP) is -0.538. The third-order valence-electron chi connectivity index (χ3n) is 3.53. The molecule has 0 aliphatic heterocycles. The van der Waals surface area contributed by atoms with Crippen molar-refractivity contribution in [3.05, 3.63) is 32.9 Å². The van der Waals surface area contributed by atoms with Gasteiger partial charge in [-0.2, -0.15) is 4.98 Å². The van der Waals surface area contributed by atoms with Crippen LogP contribution in [0.5, 0.6) is 0 Å². The van der Waals surface area contributed by atoms with Crippen molar-refractivity contribution in [2.75, 3.05) is 0 Å². The van der Waals surface area contributed by atoms with E-state index in [1.807, 2.05) is 0 Å². The maximum Gasteiger partial charge on any atom is 0.328 e. The summed E-state index contributed by atoms with van der Waals surface area (Å²) in [4.78, 5) is 29.8. The first-order valence-corrected chi connectivity index (χ1v) is 5.93. The smallest absolute Gasteiger partial charge is 0.328 e. The molecule has 0 bridgehead atoms. The van der Waals surface area contributed by atoms with Crippen molar-refractivity contribution in [1.29, 1.82) is 0 Å². The Kier molecular flexibility index (Phi) is 2.42. The third-order valence-corrected chi connectivity index (χ3v) is 3.53. The minimum absolute atomic E-state index is 0.0728. The number of aromatic nitrogens is 4. The van der Waals surface area contributed by atoms with Crippen molar-refractivity contribution in [2.45, 2.75) is 24.8 Å². The molecule has 0 unspecified atom stereocenters. The van der Waals surface area contributed by atoms with Gasteiger partial charge in [0, 0.05) is 13.2 Å². The molecular weight excluding hydrogens is 250 g/mol. The van der Waals surface area contributed by atoms with Gasteiger partial charge in [-0.15, -0.1) is 0 Å². The van der Waals surface area contributed by atoms with E-state index in [0.29, 0.717) is 5.82 Å². The summed E-state index contributed by atoms with van der Waals surface area (Å²) in [5.74, 6) is 0.477. The molecule has 0 amide bonds. The highest BCUT2D eigenvalue weighted by Gasteiger charge is 2.39. The van der Waals surface area contributed by atoms with Crippen molar-refractivity contribution in [3.63, 3.8) is 0 Å². The Morgan fingerprint density at radius 1 is 1.47 bits per heavy atom. The van der Waals surface area contributed by atoms with E-state index in [-0.39, 0.29) is 11.5 Å². The van der Waals surface area contributed by atoms with Gasteiger partial charge in [0.2, 0.25) is 0 Å². The molecule has 100 valence electrons. The first kappa shape index (κ1) is 11.8. The normalized spacial score (nSPS) is 17.2. The molecule has 0 spiro atoms. The second-order valence-electron chi connectivity index (χ2n) is 4.80. The average molecular weight is 263 g/mol. The Morgan fingerprint density at radius 2 is 2.21 bits per heavy atom. The maximum absolute atomic E-state index is 11.9. The summed E-state index contributed by atoms with van der Waals surface area (Å²) in [5, 5.41) is 3.83. The molecular formula is C11H13N5O3. The number of nitrogens with two attached hydrogens (primary N) is 1. The number of hydrogen-bond donors (Lipinski definition) is 2. The minimum atomic E-state index is -0.546. The highest BCUT2D eigenvalue weighted by molar-refractivity contribution is 5.49. The fourth-order valence-electron chi connectivity index (χ4n) is 2.03. The molecule has 3 N–H and O–H groups in total. The summed E-state index contributed by atoms with van der Waals surface area (Å²) >= 11 is 0. The summed E-state index contributed by atoms with van der Waals surface area (Å²) in [7, 11) is 1.37. The van der Waals surface area contributed by atoms with Crippen LogP contribution in [-0.2, 0) is 12.6 Å². The van der Waals surface area contributed by atoms with Crippen LogP contribution in [0.25, 0.3) is 11.5 Å². The lowest BCUT2D eigenvalue weighted by molar-refractivity contribution is 0.229. The second kappa shape index (κ2) is 3.89. The fraction of sp³-hybridized carbons (Fsp3) is 0.455. The maximum atomic E-state index is 11.9. The zero-order chi connectivity index (χ0) is 13.6. The lowest BCUT2D eigenvalue weighted by Crippen LogP contribution is -2.44. The van der Waals surface area contributed by atoms with E-state index in [9.17, 15) is 9.59 Å². The third kappa shape index (κ3) is 1.72. The van der Waals surface area contributed by atoms with E-state index < -0.39 is 16.8 Å². The largest absolute Gasteiger partial charge is 0.334 e. The molecule has 0 aromatic carbocycles. The zero-order valence-corrected chi connectivity index (χ0v) is 10.3. The standard InChI is InChI=1S/C11H13N5O3/c1-16-8(17)6(5-13-10(16)18)7-14-9(15-19-7)11(12)3-2-4-11/h5H,2-4,12H2,1H3,(H,13,18). The van der Waals surface area contributed by atoms with Crippen molar-refractivity contribution < 1.29 is 4.52 Å². The molecule has 1 aliphatic rings. The van der Waals surface area contributed by atoms with Gasteiger partial charge in [-0.05, 0) is 19.3 Å². The molecule has 19 heavy (non-hydrogen) atoms. The van der Waals surface area contributed by atoms with Crippen LogP contribution in [0.3, 0.4) is 0 Å². The topological polar surface area (TPSA) is 120 Å². The summed E-state index contributed by atoms with van der Waals surface area (Å²) in [5.41, 5.74) is 4.71. The van der Waals surface area contributed by atoms with Crippen molar-refractivity contribution in [3.8, 4) is 11.5 Å². The van der Waals surface area contributed by atoms with Crippen LogP contribution in [0, 0.1) is 0 Å². The molecule has 2 aromatic heterocycles. The number of H-pyrrole nitrogens is 1. The van der Waals surface area contributed by atoms with Gasteiger partial charge in [0.25, 0.3) is 11.4 Å². The molecule has 8 nitrogen and oxygen atoms in total. The van der Waals surface area contributed by atoms with Crippen LogP contribution in [0.15, 0.2) is 20.3 Å². The average Bonchev–Trinajstić information content (AvgIpc) is 2.83. The molecule has 1 fully saturated rings. The summed E-state index contributed by atoms with van der Waals surface area (Å²) in [6.45, 7) is 0. The summed E-state index contributed by atoms with van der Waals surface area (Å²) in [6.07, 6.45) is 3.90. The number of aromatic amines is 1. The van der Waals surface area contributed by atoms with Gasteiger partial charge in [-0.25, -0.2) is 4.79 Å². The molecule has 8 heteroatoms. The van der Waals surface area contributed by atoms with Gasteiger partial charge >= 0.3 is 5.69 Å². The SMILES string of the molecule is Cn1c(=O)[nH]cc(-c2nc(C3(N)CCC3)no2)c1=O. The van der Waals surface area contributed by atoms with E-state index in [0.717, 1.165) is 23.8 Å². The fourth-order valence-corrected chi connectivity index (χ4v) is 2.03. The van der Waals surface area contributed by atoms with Crippen LogP contribution in [0.1, 0.15) is 25.1 Å². The summed E-state index contributed by atoms with van der Waals surface area (Å²) < 4.78 is 6.02. The van der Waals surface area contributed by atoms with E-state index in [1.165, 1.54) is 13.2 Å². The first-order chi connectivity index (χ1) is 9.01. The van der Waals surface area contributed by atoms with Crippen LogP contribution in [-0.4, -0.2) is 19.7 Å². The van der Waals surface area contributed by atoms with Gasteiger partial charge in [-0.3, -0.25) is 9.36 Å². The van der Waals surface area contributed by atoms with Crippen LogP contribution >= 0.6 is 0 Å². The van der Waals surface area contributed by atoms with E-state index in [4.69, 9.17) is 10.3 Å². The first-order valence-electron chi connectivity index (χ1n) is 5.93. The molecule has 0 radical (unpaired) electrons. The highest BCUT2D eigenvalue weighted by Crippen LogP contribution is 2.37. The van der Waals surface area contributed by atoms with Crippen molar-refractivity contribution >= 4 is 0 Å². The number of hydrogen-bond acceptors (Lipinski definition) is 6. The number of nitrogens with zero attached hydrogens (tertiary/aromatic N) is 3. The number of nitrogens with one attached hydrogen (secondary N) is 1. The van der Waals surface area contributed by atoms with Gasteiger partial charge in [0.1, 0.15) is 5.56 Å². The van der Waals surface area contributed by atoms with E-state index in [2.05, 4.69) is 15.1 Å². The lowest BCUT2D eigenvalue weighted by atomic mass is 9.77. The summed E-state index contributed by atoms with van der Waals surface area (Å²) in [6, 6.07) is 0. The monoisotopic (exact) mass is 263 g/mol. The molecule has 3 rings (SSSR count). The number of rotatable bonds is 2. The van der Waals surface area contributed by atoms with Crippen molar-refractivity contribution in [2.24, 2.45) is 12.8 Å². The Labute approximate surface area is 107 Å². The van der Waals surface area contributed by atoms with Gasteiger partial charge in [0.05, 0.1) is 5.54 Å². The molecule has 2 heterocycles. The van der Waals surface area contributed by atoms with Gasteiger partial charge < -0.3 is 15.2 Å².